The maximum Gasteiger partial charge on any atom is 0.220 e. The van der Waals surface area contributed by atoms with Gasteiger partial charge in [-0.05, 0) is 18.2 Å². The number of nitrogens with zero attached hydrogens (tertiary/aromatic N) is 2. The quantitative estimate of drug-likeness (QED) is 0.854. The minimum absolute atomic E-state index is 0.117. The van der Waals surface area contributed by atoms with Crippen LogP contribution in [0.4, 0.5) is 0 Å². The first kappa shape index (κ1) is 12.0. The van der Waals surface area contributed by atoms with E-state index < -0.39 is 0 Å². The van der Waals surface area contributed by atoms with Crippen molar-refractivity contribution in [2.45, 2.75) is 0 Å². The van der Waals surface area contributed by atoms with Crippen molar-refractivity contribution in [2.75, 3.05) is 0 Å². The number of aryl methyl sites for hydroxylation is 1. The van der Waals surface area contributed by atoms with E-state index in [9.17, 15) is 9.90 Å². The van der Waals surface area contributed by atoms with Crippen molar-refractivity contribution in [3.8, 4) is 17.1 Å². The van der Waals surface area contributed by atoms with Crippen LogP contribution in [0.3, 0.4) is 0 Å². The maximum absolute atomic E-state index is 10.9. The summed E-state index contributed by atoms with van der Waals surface area (Å²) in [5.74, 6) is -0.189. The Labute approximate surface area is 107 Å². The predicted octanol–water partition coefficient (Wildman–Crippen LogP) is 2.91. The molecule has 88 valence electrons. The molecule has 4 nitrogen and oxygen atoms in total. The van der Waals surface area contributed by atoms with Gasteiger partial charge in [0.1, 0.15) is 11.3 Å². The molecule has 0 amide bonds. The number of hydrogen-bond acceptors (Lipinski definition) is 3. The molecule has 0 atom stereocenters. The van der Waals surface area contributed by atoms with Gasteiger partial charge in [0.05, 0.1) is 0 Å². The first-order valence-electron chi connectivity index (χ1n) is 4.70. The number of aromatic hydroxyl groups is 1. The number of aromatic nitrogens is 2. The van der Waals surface area contributed by atoms with E-state index in [1.165, 1.54) is 11.7 Å². The topological polar surface area (TPSA) is 55.1 Å². The zero-order valence-electron chi connectivity index (χ0n) is 8.82. The molecule has 1 heterocycles. The molecule has 0 aliphatic heterocycles. The number of rotatable bonds is 2. The third-order valence-electron chi connectivity index (χ3n) is 2.31. The van der Waals surface area contributed by atoms with Crippen LogP contribution in [-0.2, 0) is 7.05 Å². The van der Waals surface area contributed by atoms with Gasteiger partial charge >= 0.3 is 0 Å². The molecule has 6 heteroatoms. The van der Waals surface area contributed by atoms with E-state index in [2.05, 4.69) is 5.10 Å². The highest BCUT2D eigenvalue weighted by atomic mass is 35.5. The van der Waals surface area contributed by atoms with Crippen molar-refractivity contribution >= 4 is 29.5 Å². The van der Waals surface area contributed by atoms with Crippen molar-refractivity contribution in [1.29, 1.82) is 0 Å². The summed E-state index contributed by atoms with van der Waals surface area (Å²) in [6.45, 7) is 0. The Hall–Kier alpha value is -1.52. The van der Waals surface area contributed by atoms with Crippen LogP contribution in [0.2, 0.25) is 10.0 Å². The van der Waals surface area contributed by atoms with Crippen molar-refractivity contribution in [1.82, 2.24) is 9.78 Å². The Morgan fingerprint density at radius 3 is 2.41 bits per heavy atom. The van der Waals surface area contributed by atoms with Crippen LogP contribution in [0, 0.1) is 0 Å². The molecular formula is C11H8Cl2N2O2. The number of halogens is 2. The SMILES string of the molecule is Cn1nc(-c2cc(Cl)cc(Cl)c2)c(C=O)c1O. The molecule has 0 aliphatic carbocycles. The molecule has 1 aromatic heterocycles. The summed E-state index contributed by atoms with van der Waals surface area (Å²) < 4.78 is 1.22. The highest BCUT2D eigenvalue weighted by Crippen LogP contribution is 2.31. The van der Waals surface area contributed by atoms with Crippen LogP contribution >= 0.6 is 23.2 Å². The van der Waals surface area contributed by atoms with Crippen molar-refractivity contribution in [3.63, 3.8) is 0 Å². The molecule has 0 bridgehead atoms. The molecule has 0 aliphatic rings. The first-order chi connectivity index (χ1) is 8.02. The molecule has 0 radical (unpaired) electrons. The lowest BCUT2D eigenvalue weighted by atomic mass is 10.1. The highest BCUT2D eigenvalue weighted by Gasteiger charge is 2.17. The minimum atomic E-state index is -0.189. The van der Waals surface area contributed by atoms with Gasteiger partial charge in [-0.15, -0.1) is 0 Å². The number of aldehydes is 1. The fourth-order valence-corrected chi connectivity index (χ4v) is 2.07. The summed E-state index contributed by atoms with van der Waals surface area (Å²) in [7, 11) is 1.54. The van der Waals surface area contributed by atoms with E-state index in [0.29, 0.717) is 27.6 Å². The van der Waals surface area contributed by atoms with Crippen LogP contribution in [-0.4, -0.2) is 21.2 Å². The number of hydrogen-bond donors (Lipinski definition) is 1. The molecule has 0 saturated heterocycles. The van der Waals surface area contributed by atoms with Crippen LogP contribution in [0.1, 0.15) is 10.4 Å². The smallest absolute Gasteiger partial charge is 0.220 e. The monoisotopic (exact) mass is 270 g/mol. The van der Waals surface area contributed by atoms with Gasteiger partial charge in [-0.2, -0.15) is 5.10 Å². The summed E-state index contributed by atoms with van der Waals surface area (Å²) in [4.78, 5) is 10.9. The second-order valence-electron chi connectivity index (χ2n) is 3.49. The average Bonchev–Trinajstić information content (AvgIpc) is 2.54. The Kier molecular flexibility index (Phi) is 3.09. The van der Waals surface area contributed by atoms with Gasteiger partial charge in [0.15, 0.2) is 6.29 Å². The molecule has 0 unspecified atom stereocenters. The van der Waals surface area contributed by atoms with Gasteiger partial charge in [0, 0.05) is 22.7 Å². The minimum Gasteiger partial charge on any atom is -0.493 e. The Balaban J connectivity index is 2.67. The van der Waals surface area contributed by atoms with Gasteiger partial charge in [-0.1, -0.05) is 23.2 Å². The third kappa shape index (κ3) is 2.14. The zero-order chi connectivity index (χ0) is 12.6. The van der Waals surface area contributed by atoms with E-state index in [1.807, 2.05) is 0 Å². The predicted molar refractivity (Wildman–Crippen MR) is 65.7 cm³/mol. The standard InChI is InChI=1S/C11H8Cl2N2O2/c1-15-11(17)9(5-16)10(14-15)6-2-7(12)4-8(13)3-6/h2-5,17H,1H3. The summed E-state index contributed by atoms with van der Waals surface area (Å²) in [6.07, 6.45) is 0.548. The van der Waals surface area contributed by atoms with Crippen LogP contribution in [0.25, 0.3) is 11.3 Å². The van der Waals surface area contributed by atoms with Crippen LogP contribution in [0.5, 0.6) is 5.88 Å². The Bertz CT molecular complexity index is 573. The highest BCUT2D eigenvalue weighted by molar-refractivity contribution is 6.35. The number of carbonyl (C=O) groups is 1. The lowest BCUT2D eigenvalue weighted by molar-refractivity contribution is 0.112. The van der Waals surface area contributed by atoms with E-state index >= 15 is 0 Å². The fraction of sp³-hybridized carbons (Fsp3) is 0.0909. The van der Waals surface area contributed by atoms with Crippen LogP contribution in [0.15, 0.2) is 18.2 Å². The van der Waals surface area contributed by atoms with Gasteiger partial charge in [0.25, 0.3) is 0 Å². The summed E-state index contributed by atoms with van der Waals surface area (Å²) in [5, 5.41) is 14.6. The lowest BCUT2D eigenvalue weighted by Gasteiger charge is -2.00. The Morgan fingerprint density at radius 1 is 1.29 bits per heavy atom. The largest absolute Gasteiger partial charge is 0.493 e. The van der Waals surface area contributed by atoms with Crippen molar-refractivity contribution in [3.05, 3.63) is 33.8 Å². The molecule has 2 aromatic rings. The van der Waals surface area contributed by atoms with Crippen LogP contribution < -0.4 is 0 Å². The van der Waals surface area contributed by atoms with Gasteiger partial charge in [-0.25, -0.2) is 4.68 Å². The van der Waals surface area contributed by atoms with E-state index in [0.717, 1.165) is 0 Å². The molecule has 0 fully saturated rings. The number of carbonyl (C=O) groups excluding carboxylic acids is 1. The average molecular weight is 271 g/mol. The molecule has 0 saturated carbocycles. The first-order valence-corrected chi connectivity index (χ1v) is 5.46. The second kappa shape index (κ2) is 4.39. The fourth-order valence-electron chi connectivity index (χ4n) is 1.54. The van der Waals surface area contributed by atoms with Crippen molar-refractivity contribution in [2.24, 2.45) is 7.05 Å². The summed E-state index contributed by atoms with van der Waals surface area (Å²) in [6, 6.07) is 4.83. The molecule has 2 rings (SSSR count). The lowest BCUT2D eigenvalue weighted by Crippen LogP contribution is -1.89. The molecule has 1 aromatic carbocycles. The van der Waals surface area contributed by atoms with E-state index in [4.69, 9.17) is 23.2 Å². The Morgan fingerprint density at radius 2 is 1.88 bits per heavy atom. The van der Waals surface area contributed by atoms with Gasteiger partial charge in [-0.3, -0.25) is 4.79 Å². The zero-order valence-corrected chi connectivity index (χ0v) is 10.3. The second-order valence-corrected chi connectivity index (χ2v) is 4.36. The van der Waals surface area contributed by atoms with Gasteiger partial charge in [0.2, 0.25) is 5.88 Å². The molecule has 17 heavy (non-hydrogen) atoms. The normalized spacial score (nSPS) is 10.5. The van der Waals surface area contributed by atoms with Gasteiger partial charge < -0.3 is 5.11 Å². The number of benzene rings is 1. The summed E-state index contributed by atoms with van der Waals surface area (Å²) in [5.41, 5.74) is 1.05. The molecular weight excluding hydrogens is 263 g/mol. The molecule has 1 N–H and O–H groups in total. The van der Waals surface area contributed by atoms with E-state index in [1.54, 1.807) is 18.2 Å². The molecule has 0 spiro atoms. The summed E-state index contributed by atoms with van der Waals surface area (Å²) >= 11 is 11.7. The van der Waals surface area contributed by atoms with E-state index in [-0.39, 0.29) is 11.4 Å². The van der Waals surface area contributed by atoms with Crippen molar-refractivity contribution < 1.29 is 9.90 Å². The maximum atomic E-state index is 10.9. The third-order valence-corrected chi connectivity index (χ3v) is 2.74.